The molecule has 120 valence electrons. The zero-order chi connectivity index (χ0) is 16.3. The van der Waals surface area contributed by atoms with Gasteiger partial charge in [0.1, 0.15) is 5.76 Å². The summed E-state index contributed by atoms with van der Waals surface area (Å²) in [6.07, 6.45) is -0.750. The van der Waals surface area contributed by atoms with Crippen LogP contribution in [-0.2, 0) is 0 Å². The number of ether oxygens (including phenoxy) is 4. The van der Waals surface area contributed by atoms with Gasteiger partial charge in [0.05, 0.1) is 40.1 Å². The normalized spacial score (nSPS) is 11.9. The number of aliphatic hydroxyl groups is 1. The quantitative estimate of drug-likeness (QED) is 0.884. The first-order valence-electron chi connectivity index (χ1n) is 6.72. The molecule has 6 nitrogen and oxygen atoms in total. The van der Waals surface area contributed by atoms with E-state index in [0.29, 0.717) is 40.1 Å². The summed E-state index contributed by atoms with van der Waals surface area (Å²) in [6, 6.07) is 5.14. The molecule has 0 fully saturated rings. The van der Waals surface area contributed by atoms with E-state index >= 15 is 0 Å². The second-order valence-corrected chi connectivity index (χ2v) is 4.61. The van der Waals surface area contributed by atoms with Crippen LogP contribution >= 0.6 is 0 Å². The van der Waals surface area contributed by atoms with E-state index in [9.17, 15) is 5.11 Å². The lowest BCUT2D eigenvalue weighted by molar-refractivity contribution is 0.198. The van der Waals surface area contributed by atoms with E-state index in [1.54, 1.807) is 25.1 Å². The number of aliphatic hydroxyl groups excluding tert-OH is 1. The molecule has 1 atom stereocenters. The summed E-state index contributed by atoms with van der Waals surface area (Å²) in [4.78, 5) is 0. The number of methoxy groups -OCH3 is 4. The first-order chi connectivity index (χ1) is 10.6. The zero-order valence-electron chi connectivity index (χ0n) is 13.3. The van der Waals surface area contributed by atoms with Crippen LogP contribution in [0.1, 0.15) is 18.6 Å². The third-order valence-corrected chi connectivity index (χ3v) is 3.34. The summed E-state index contributed by atoms with van der Waals surface area (Å²) in [5.41, 5.74) is 1.20. The van der Waals surface area contributed by atoms with Crippen LogP contribution in [0.5, 0.6) is 23.2 Å². The molecule has 22 heavy (non-hydrogen) atoms. The lowest BCUT2D eigenvalue weighted by Crippen LogP contribution is -2.02. The van der Waals surface area contributed by atoms with Gasteiger partial charge in [-0.1, -0.05) is 0 Å². The van der Waals surface area contributed by atoms with Crippen LogP contribution in [0.25, 0.3) is 11.3 Å². The molecule has 1 aromatic carbocycles. The van der Waals surface area contributed by atoms with Crippen molar-refractivity contribution >= 4 is 0 Å². The molecule has 1 heterocycles. The van der Waals surface area contributed by atoms with Crippen LogP contribution in [-0.4, -0.2) is 33.5 Å². The van der Waals surface area contributed by atoms with Crippen LogP contribution in [0.4, 0.5) is 0 Å². The van der Waals surface area contributed by atoms with Gasteiger partial charge in [-0.3, -0.25) is 0 Å². The molecule has 0 amide bonds. The third kappa shape index (κ3) is 2.69. The van der Waals surface area contributed by atoms with Gasteiger partial charge in [0, 0.05) is 6.07 Å². The van der Waals surface area contributed by atoms with Crippen LogP contribution in [0.2, 0.25) is 0 Å². The average Bonchev–Trinajstić information content (AvgIpc) is 3.00. The van der Waals surface area contributed by atoms with E-state index in [-0.39, 0.29) is 0 Å². The van der Waals surface area contributed by atoms with Gasteiger partial charge >= 0.3 is 0 Å². The highest BCUT2D eigenvalue weighted by Crippen LogP contribution is 2.49. The maximum Gasteiger partial charge on any atom is 0.284 e. The molecule has 1 N–H and O–H groups in total. The summed E-state index contributed by atoms with van der Waals surface area (Å²) in [6.45, 7) is 1.66. The molecule has 0 aliphatic rings. The maximum atomic E-state index is 10.1. The fourth-order valence-electron chi connectivity index (χ4n) is 2.32. The Morgan fingerprint density at radius 2 is 1.64 bits per heavy atom. The van der Waals surface area contributed by atoms with Crippen molar-refractivity contribution in [3.63, 3.8) is 0 Å². The van der Waals surface area contributed by atoms with E-state index in [4.69, 9.17) is 23.4 Å². The molecule has 0 aliphatic carbocycles. The molecule has 1 unspecified atom stereocenters. The predicted molar refractivity (Wildman–Crippen MR) is 81.0 cm³/mol. The highest BCUT2D eigenvalue weighted by atomic mass is 16.6. The van der Waals surface area contributed by atoms with E-state index in [2.05, 4.69) is 0 Å². The van der Waals surface area contributed by atoms with Crippen molar-refractivity contribution in [3.8, 4) is 34.5 Å². The van der Waals surface area contributed by atoms with E-state index in [0.717, 1.165) is 0 Å². The summed E-state index contributed by atoms with van der Waals surface area (Å²) < 4.78 is 26.9. The molecule has 0 aliphatic heterocycles. The van der Waals surface area contributed by atoms with Gasteiger partial charge in [0.2, 0.25) is 5.75 Å². The fraction of sp³-hybridized carbons (Fsp3) is 0.375. The van der Waals surface area contributed by atoms with Gasteiger partial charge in [-0.2, -0.15) is 0 Å². The molecular formula is C16H20O6. The highest BCUT2D eigenvalue weighted by molar-refractivity contribution is 5.77. The van der Waals surface area contributed by atoms with E-state index < -0.39 is 6.10 Å². The molecule has 0 saturated heterocycles. The van der Waals surface area contributed by atoms with Crippen molar-refractivity contribution in [1.29, 1.82) is 0 Å². The number of rotatable bonds is 6. The number of hydrogen-bond donors (Lipinski definition) is 1. The van der Waals surface area contributed by atoms with Crippen molar-refractivity contribution in [2.45, 2.75) is 13.0 Å². The SMILES string of the molecule is COc1ccc(-c2c(C(C)O)cc(OC)c(OC)c2OC)o1. The molecule has 2 aromatic rings. The molecule has 0 spiro atoms. The van der Waals surface area contributed by atoms with Crippen LogP contribution in [0.3, 0.4) is 0 Å². The first-order valence-corrected chi connectivity index (χ1v) is 6.72. The fourth-order valence-corrected chi connectivity index (χ4v) is 2.32. The third-order valence-electron chi connectivity index (χ3n) is 3.34. The topological polar surface area (TPSA) is 70.3 Å². The average molecular weight is 308 g/mol. The summed E-state index contributed by atoms with van der Waals surface area (Å²) in [5, 5.41) is 10.1. The molecule has 0 saturated carbocycles. The van der Waals surface area contributed by atoms with Crippen LogP contribution in [0, 0.1) is 0 Å². The van der Waals surface area contributed by atoms with Gasteiger partial charge in [-0.25, -0.2) is 0 Å². The van der Waals surface area contributed by atoms with Gasteiger partial charge in [0.15, 0.2) is 11.5 Å². The Morgan fingerprint density at radius 1 is 0.955 bits per heavy atom. The van der Waals surface area contributed by atoms with Crippen LogP contribution < -0.4 is 18.9 Å². The summed E-state index contributed by atoms with van der Waals surface area (Å²) >= 11 is 0. The Morgan fingerprint density at radius 3 is 2.09 bits per heavy atom. The Labute approximate surface area is 129 Å². The van der Waals surface area contributed by atoms with Gasteiger partial charge < -0.3 is 28.5 Å². The Bertz CT molecular complexity index is 644. The Balaban J connectivity index is 2.78. The highest BCUT2D eigenvalue weighted by Gasteiger charge is 2.25. The van der Waals surface area contributed by atoms with Crippen molar-refractivity contribution in [2.24, 2.45) is 0 Å². The Hall–Kier alpha value is -2.34. The smallest absolute Gasteiger partial charge is 0.284 e. The molecule has 0 bridgehead atoms. The lowest BCUT2D eigenvalue weighted by Gasteiger charge is -2.19. The number of benzene rings is 1. The second-order valence-electron chi connectivity index (χ2n) is 4.61. The minimum atomic E-state index is -0.750. The predicted octanol–water partition coefficient (Wildman–Crippen LogP) is 3.03. The second kappa shape index (κ2) is 6.62. The largest absolute Gasteiger partial charge is 0.493 e. The lowest BCUT2D eigenvalue weighted by atomic mass is 9.98. The van der Waals surface area contributed by atoms with E-state index in [1.807, 2.05) is 0 Å². The molecular weight excluding hydrogens is 288 g/mol. The molecule has 1 aromatic heterocycles. The van der Waals surface area contributed by atoms with Crippen LogP contribution in [0.15, 0.2) is 22.6 Å². The molecule has 2 rings (SSSR count). The number of furan rings is 1. The Kier molecular flexibility index (Phi) is 4.82. The number of hydrogen-bond acceptors (Lipinski definition) is 6. The van der Waals surface area contributed by atoms with Crippen molar-refractivity contribution in [3.05, 3.63) is 23.8 Å². The summed E-state index contributed by atoms with van der Waals surface area (Å²) in [7, 11) is 6.09. The standard InChI is InChI=1S/C16H20O6/c1-9(17)10-8-12(18-2)15(20-4)16(21-5)14(10)11-6-7-13(19-3)22-11/h6-9,17H,1-5H3. The summed E-state index contributed by atoms with van der Waals surface area (Å²) in [5.74, 6) is 2.20. The van der Waals surface area contributed by atoms with E-state index in [1.165, 1.54) is 28.4 Å². The molecule has 0 radical (unpaired) electrons. The van der Waals surface area contributed by atoms with Gasteiger partial charge in [-0.15, -0.1) is 0 Å². The maximum absolute atomic E-state index is 10.1. The first kappa shape index (κ1) is 16.0. The minimum absolute atomic E-state index is 0.364. The van der Waals surface area contributed by atoms with Crippen molar-refractivity contribution < 1.29 is 28.5 Å². The van der Waals surface area contributed by atoms with Gasteiger partial charge in [-0.05, 0) is 24.6 Å². The van der Waals surface area contributed by atoms with Crippen molar-refractivity contribution in [1.82, 2.24) is 0 Å². The molecule has 6 heteroatoms. The monoisotopic (exact) mass is 308 g/mol. The zero-order valence-corrected chi connectivity index (χ0v) is 13.3. The van der Waals surface area contributed by atoms with Crippen molar-refractivity contribution in [2.75, 3.05) is 28.4 Å². The minimum Gasteiger partial charge on any atom is -0.493 e. The van der Waals surface area contributed by atoms with Gasteiger partial charge in [0.25, 0.3) is 5.95 Å².